The second kappa shape index (κ2) is 7.85. The first kappa shape index (κ1) is 13.7. The van der Waals surface area contributed by atoms with Crippen LogP contribution in [0.1, 0.15) is 25.8 Å². The fraction of sp³-hybridized carbons (Fsp3) is 0.500. The molecule has 1 aromatic rings. The highest BCUT2D eigenvalue weighted by Gasteiger charge is 2.04. The Morgan fingerprint density at radius 1 is 1.29 bits per heavy atom. The van der Waals surface area contributed by atoms with Gasteiger partial charge in [-0.1, -0.05) is 30.3 Å². The zero-order valence-corrected chi connectivity index (χ0v) is 10.7. The predicted molar refractivity (Wildman–Crippen MR) is 70.9 cm³/mol. The van der Waals surface area contributed by atoms with Crippen LogP contribution in [0.25, 0.3) is 0 Å². The Kier molecular flexibility index (Phi) is 6.33. The zero-order valence-electron chi connectivity index (χ0n) is 10.7. The van der Waals surface area contributed by atoms with E-state index in [-0.39, 0.29) is 5.91 Å². The Hall–Kier alpha value is -1.35. The number of carbonyl (C=O) groups is 1. The van der Waals surface area contributed by atoms with Gasteiger partial charge in [-0.25, -0.2) is 0 Å². The standard InChI is InChI=1S/C14H22N2O/c1-3-15-14(17)9-10-16-12(2)11-13-7-5-4-6-8-13/h4-8,12,16H,3,9-11H2,1-2H3,(H,15,17). The molecule has 0 aliphatic heterocycles. The van der Waals surface area contributed by atoms with E-state index in [2.05, 4.69) is 41.8 Å². The highest BCUT2D eigenvalue weighted by atomic mass is 16.1. The Labute approximate surface area is 104 Å². The molecular weight excluding hydrogens is 212 g/mol. The largest absolute Gasteiger partial charge is 0.356 e. The van der Waals surface area contributed by atoms with Crippen molar-refractivity contribution < 1.29 is 4.79 Å². The smallest absolute Gasteiger partial charge is 0.221 e. The predicted octanol–water partition coefficient (Wildman–Crippen LogP) is 1.73. The molecule has 17 heavy (non-hydrogen) atoms. The maximum absolute atomic E-state index is 11.2. The van der Waals surface area contributed by atoms with Gasteiger partial charge in [-0.3, -0.25) is 4.79 Å². The molecule has 1 aromatic carbocycles. The average molecular weight is 234 g/mol. The van der Waals surface area contributed by atoms with Crippen molar-refractivity contribution in [1.29, 1.82) is 0 Å². The molecule has 0 spiro atoms. The number of amides is 1. The maximum atomic E-state index is 11.2. The van der Waals surface area contributed by atoms with E-state index in [0.717, 1.165) is 13.0 Å². The van der Waals surface area contributed by atoms with Gasteiger partial charge in [0, 0.05) is 25.6 Å². The summed E-state index contributed by atoms with van der Waals surface area (Å²) in [5.74, 6) is 0.118. The molecule has 0 radical (unpaired) electrons. The maximum Gasteiger partial charge on any atom is 0.221 e. The molecule has 0 aliphatic carbocycles. The lowest BCUT2D eigenvalue weighted by molar-refractivity contribution is -0.120. The molecule has 3 nitrogen and oxygen atoms in total. The second-order valence-electron chi connectivity index (χ2n) is 4.25. The van der Waals surface area contributed by atoms with Crippen molar-refractivity contribution >= 4 is 5.91 Å². The fourth-order valence-electron chi connectivity index (χ4n) is 1.76. The number of rotatable bonds is 7. The minimum atomic E-state index is 0.118. The lowest BCUT2D eigenvalue weighted by Crippen LogP contribution is -2.33. The van der Waals surface area contributed by atoms with Crippen LogP contribution in [0.3, 0.4) is 0 Å². The molecule has 1 atom stereocenters. The molecule has 3 heteroatoms. The van der Waals surface area contributed by atoms with E-state index in [9.17, 15) is 4.79 Å². The molecule has 0 fully saturated rings. The lowest BCUT2D eigenvalue weighted by Gasteiger charge is -2.13. The first-order valence-corrected chi connectivity index (χ1v) is 6.26. The molecule has 0 aliphatic rings. The number of hydrogen-bond donors (Lipinski definition) is 2. The highest BCUT2D eigenvalue weighted by molar-refractivity contribution is 5.75. The molecule has 1 amide bonds. The topological polar surface area (TPSA) is 41.1 Å². The summed E-state index contributed by atoms with van der Waals surface area (Å²) in [7, 11) is 0. The Balaban J connectivity index is 2.17. The molecular formula is C14H22N2O. The molecule has 0 aromatic heterocycles. The van der Waals surface area contributed by atoms with Crippen molar-refractivity contribution in [3.63, 3.8) is 0 Å². The first-order chi connectivity index (χ1) is 8.22. The lowest BCUT2D eigenvalue weighted by atomic mass is 10.1. The molecule has 0 bridgehead atoms. The van der Waals surface area contributed by atoms with Crippen molar-refractivity contribution in [3.05, 3.63) is 35.9 Å². The summed E-state index contributed by atoms with van der Waals surface area (Å²) in [6.45, 7) is 5.52. The van der Waals surface area contributed by atoms with E-state index < -0.39 is 0 Å². The van der Waals surface area contributed by atoms with Gasteiger partial charge < -0.3 is 10.6 Å². The third kappa shape index (κ3) is 6.07. The summed E-state index contributed by atoms with van der Waals surface area (Å²) in [4.78, 5) is 11.2. The van der Waals surface area contributed by atoms with Crippen LogP contribution in [0.2, 0.25) is 0 Å². The normalized spacial score (nSPS) is 12.1. The molecule has 1 unspecified atom stereocenters. The summed E-state index contributed by atoms with van der Waals surface area (Å²) in [5.41, 5.74) is 1.32. The van der Waals surface area contributed by atoms with Crippen molar-refractivity contribution in [3.8, 4) is 0 Å². The minimum absolute atomic E-state index is 0.118. The van der Waals surface area contributed by atoms with Crippen LogP contribution in [0.5, 0.6) is 0 Å². The van der Waals surface area contributed by atoms with Gasteiger partial charge in [-0.05, 0) is 25.8 Å². The first-order valence-electron chi connectivity index (χ1n) is 6.26. The molecule has 94 valence electrons. The molecule has 0 heterocycles. The van der Waals surface area contributed by atoms with Gasteiger partial charge in [-0.2, -0.15) is 0 Å². The molecule has 1 rings (SSSR count). The van der Waals surface area contributed by atoms with E-state index in [1.165, 1.54) is 5.56 Å². The third-order valence-electron chi connectivity index (χ3n) is 2.60. The van der Waals surface area contributed by atoms with Crippen LogP contribution in [0, 0.1) is 0 Å². The Bertz CT molecular complexity index is 324. The zero-order chi connectivity index (χ0) is 12.5. The number of nitrogens with one attached hydrogen (secondary N) is 2. The summed E-state index contributed by atoms with van der Waals surface area (Å²) in [6.07, 6.45) is 1.54. The second-order valence-corrected chi connectivity index (χ2v) is 4.25. The number of carbonyl (C=O) groups excluding carboxylic acids is 1. The molecule has 0 saturated heterocycles. The van der Waals surface area contributed by atoms with Crippen molar-refractivity contribution in [1.82, 2.24) is 10.6 Å². The van der Waals surface area contributed by atoms with Gasteiger partial charge in [0.2, 0.25) is 5.91 Å². The van der Waals surface area contributed by atoms with Crippen LogP contribution in [0.4, 0.5) is 0 Å². The monoisotopic (exact) mass is 234 g/mol. The van der Waals surface area contributed by atoms with Gasteiger partial charge in [0.05, 0.1) is 0 Å². The number of hydrogen-bond acceptors (Lipinski definition) is 2. The van der Waals surface area contributed by atoms with E-state index >= 15 is 0 Å². The van der Waals surface area contributed by atoms with Gasteiger partial charge in [0.1, 0.15) is 0 Å². The van der Waals surface area contributed by atoms with E-state index in [1.807, 2.05) is 13.0 Å². The van der Waals surface area contributed by atoms with Crippen LogP contribution in [-0.4, -0.2) is 25.0 Å². The number of benzene rings is 1. The summed E-state index contributed by atoms with van der Waals surface area (Å²) >= 11 is 0. The average Bonchev–Trinajstić information content (AvgIpc) is 2.30. The van der Waals surface area contributed by atoms with Crippen molar-refractivity contribution in [2.75, 3.05) is 13.1 Å². The summed E-state index contributed by atoms with van der Waals surface area (Å²) in [6, 6.07) is 10.8. The van der Waals surface area contributed by atoms with Crippen LogP contribution >= 0.6 is 0 Å². The highest BCUT2D eigenvalue weighted by Crippen LogP contribution is 2.02. The van der Waals surface area contributed by atoms with Crippen molar-refractivity contribution in [2.45, 2.75) is 32.7 Å². The quantitative estimate of drug-likeness (QED) is 0.754. The third-order valence-corrected chi connectivity index (χ3v) is 2.60. The van der Waals surface area contributed by atoms with Crippen LogP contribution in [-0.2, 0) is 11.2 Å². The van der Waals surface area contributed by atoms with Crippen LogP contribution in [0.15, 0.2) is 30.3 Å². The van der Waals surface area contributed by atoms with Crippen molar-refractivity contribution in [2.24, 2.45) is 0 Å². The van der Waals surface area contributed by atoms with E-state index in [0.29, 0.717) is 19.0 Å². The van der Waals surface area contributed by atoms with E-state index in [1.54, 1.807) is 0 Å². The van der Waals surface area contributed by atoms with Gasteiger partial charge >= 0.3 is 0 Å². The summed E-state index contributed by atoms with van der Waals surface area (Å²) < 4.78 is 0. The van der Waals surface area contributed by atoms with Gasteiger partial charge in [0.25, 0.3) is 0 Å². The fourth-order valence-corrected chi connectivity index (χ4v) is 1.76. The van der Waals surface area contributed by atoms with Gasteiger partial charge in [0.15, 0.2) is 0 Å². The molecule has 0 saturated carbocycles. The Morgan fingerprint density at radius 3 is 2.65 bits per heavy atom. The van der Waals surface area contributed by atoms with Crippen LogP contribution < -0.4 is 10.6 Å². The van der Waals surface area contributed by atoms with Gasteiger partial charge in [-0.15, -0.1) is 0 Å². The van der Waals surface area contributed by atoms with E-state index in [4.69, 9.17) is 0 Å². The SMILES string of the molecule is CCNC(=O)CCNC(C)Cc1ccccc1. The Morgan fingerprint density at radius 2 is 2.00 bits per heavy atom. The molecule has 2 N–H and O–H groups in total. The summed E-state index contributed by atoms with van der Waals surface area (Å²) in [5, 5.41) is 6.15. The minimum Gasteiger partial charge on any atom is -0.356 e.